The number of fused-ring (bicyclic) bond motifs is 6. The molecular formula is C22H22N2O3. The van der Waals surface area contributed by atoms with Crippen LogP contribution in [-0.2, 0) is 6.42 Å². The molecule has 0 bridgehead atoms. The summed E-state index contributed by atoms with van der Waals surface area (Å²) in [4.78, 5) is 18.9. The van der Waals surface area contributed by atoms with Crippen LogP contribution < -0.4 is 9.47 Å². The highest BCUT2D eigenvalue weighted by molar-refractivity contribution is 6.01. The third-order valence-electron chi connectivity index (χ3n) is 6.09. The van der Waals surface area contributed by atoms with Crippen molar-refractivity contribution in [1.82, 2.24) is 9.88 Å². The molecular weight excluding hydrogens is 340 g/mol. The zero-order valence-corrected chi connectivity index (χ0v) is 15.7. The maximum absolute atomic E-state index is 13.3. The molecule has 2 aliphatic rings. The molecule has 0 spiro atoms. The van der Waals surface area contributed by atoms with Crippen molar-refractivity contribution in [2.45, 2.75) is 25.3 Å². The second-order valence-electron chi connectivity index (χ2n) is 7.31. The molecule has 0 aliphatic carbocycles. The number of rotatable bonds is 2. The van der Waals surface area contributed by atoms with E-state index in [0.29, 0.717) is 17.9 Å². The molecule has 27 heavy (non-hydrogen) atoms. The van der Waals surface area contributed by atoms with Gasteiger partial charge in [0.2, 0.25) is 0 Å². The van der Waals surface area contributed by atoms with E-state index in [2.05, 4.69) is 24.0 Å². The summed E-state index contributed by atoms with van der Waals surface area (Å²) in [6.07, 6.45) is 0.815. The fourth-order valence-corrected chi connectivity index (χ4v) is 4.90. The topological polar surface area (TPSA) is 54.6 Å². The molecule has 138 valence electrons. The van der Waals surface area contributed by atoms with Crippen LogP contribution >= 0.6 is 0 Å². The smallest absolute Gasteiger partial charge is 0.258 e. The standard InChI is InChI=1S/C22H22N2O3/c1-12-13-6-4-8-17(27-3)19(13)22(25)24-11-10-14-18-15(23-20(14)21(12)24)7-5-9-16(18)26-2/h4-9,12,21,23H,10-11H2,1-3H3/t12?,21-/m0/s1. The van der Waals surface area contributed by atoms with Crippen molar-refractivity contribution in [3.05, 3.63) is 58.8 Å². The summed E-state index contributed by atoms with van der Waals surface area (Å²) < 4.78 is 11.1. The number of carbonyl (C=O) groups excluding carboxylic acids is 1. The lowest BCUT2D eigenvalue weighted by atomic mass is 9.79. The normalized spacial score (nSPS) is 20.9. The van der Waals surface area contributed by atoms with Crippen molar-refractivity contribution in [3.63, 3.8) is 0 Å². The van der Waals surface area contributed by atoms with E-state index in [0.717, 1.165) is 34.3 Å². The summed E-state index contributed by atoms with van der Waals surface area (Å²) in [5.41, 5.74) is 5.24. The van der Waals surface area contributed by atoms with Gasteiger partial charge in [-0.3, -0.25) is 4.79 Å². The first kappa shape index (κ1) is 16.2. The van der Waals surface area contributed by atoms with Crippen molar-refractivity contribution in [2.75, 3.05) is 20.8 Å². The van der Waals surface area contributed by atoms with E-state index in [-0.39, 0.29) is 17.9 Å². The lowest BCUT2D eigenvalue weighted by molar-refractivity contribution is 0.0588. The van der Waals surface area contributed by atoms with E-state index in [1.807, 2.05) is 29.2 Å². The van der Waals surface area contributed by atoms with Gasteiger partial charge in [-0.05, 0) is 35.7 Å². The molecule has 0 fully saturated rings. The first-order valence-corrected chi connectivity index (χ1v) is 9.31. The Morgan fingerprint density at radius 3 is 2.59 bits per heavy atom. The van der Waals surface area contributed by atoms with Gasteiger partial charge in [0.15, 0.2) is 0 Å². The zero-order valence-electron chi connectivity index (χ0n) is 15.7. The predicted molar refractivity (Wildman–Crippen MR) is 104 cm³/mol. The molecule has 3 aromatic rings. The van der Waals surface area contributed by atoms with Gasteiger partial charge >= 0.3 is 0 Å². The highest BCUT2D eigenvalue weighted by Gasteiger charge is 2.44. The maximum atomic E-state index is 13.3. The van der Waals surface area contributed by atoms with E-state index in [9.17, 15) is 4.79 Å². The minimum absolute atomic E-state index is 0.00189. The van der Waals surface area contributed by atoms with E-state index in [1.54, 1.807) is 14.2 Å². The van der Waals surface area contributed by atoms with Gasteiger partial charge in [-0.25, -0.2) is 0 Å². The number of H-pyrrole nitrogens is 1. The van der Waals surface area contributed by atoms with Gasteiger partial charge < -0.3 is 19.4 Å². The van der Waals surface area contributed by atoms with Gasteiger partial charge in [-0.1, -0.05) is 25.1 Å². The molecule has 1 unspecified atom stereocenters. The molecule has 5 rings (SSSR count). The molecule has 3 heterocycles. The number of nitrogens with zero attached hydrogens (tertiary/aromatic N) is 1. The summed E-state index contributed by atoms with van der Waals surface area (Å²) in [5, 5.41) is 1.14. The molecule has 2 atom stereocenters. The molecule has 5 heteroatoms. The molecule has 5 nitrogen and oxygen atoms in total. The average molecular weight is 362 g/mol. The Morgan fingerprint density at radius 2 is 1.81 bits per heavy atom. The Balaban J connectivity index is 1.73. The Bertz CT molecular complexity index is 1070. The zero-order chi connectivity index (χ0) is 18.7. The van der Waals surface area contributed by atoms with Crippen LogP contribution in [0.2, 0.25) is 0 Å². The number of aromatic amines is 1. The highest BCUT2D eigenvalue weighted by atomic mass is 16.5. The van der Waals surface area contributed by atoms with Gasteiger partial charge in [0.1, 0.15) is 11.5 Å². The van der Waals surface area contributed by atoms with Crippen LogP contribution in [0.15, 0.2) is 36.4 Å². The minimum atomic E-state index is -0.00189. The van der Waals surface area contributed by atoms with Crippen molar-refractivity contribution >= 4 is 16.8 Å². The third-order valence-corrected chi connectivity index (χ3v) is 6.09. The monoisotopic (exact) mass is 362 g/mol. The fraction of sp³-hybridized carbons (Fsp3) is 0.318. The SMILES string of the molecule is COc1cccc2c1C(=O)N1CCc3c([nH]c4cccc(OC)c34)[C@@H]1C2C. The summed E-state index contributed by atoms with van der Waals surface area (Å²) >= 11 is 0. The second-order valence-corrected chi connectivity index (χ2v) is 7.31. The molecule has 1 aromatic heterocycles. The van der Waals surface area contributed by atoms with Crippen molar-refractivity contribution in [2.24, 2.45) is 0 Å². The van der Waals surface area contributed by atoms with Crippen molar-refractivity contribution in [1.29, 1.82) is 0 Å². The first-order chi connectivity index (χ1) is 13.2. The largest absolute Gasteiger partial charge is 0.496 e. The first-order valence-electron chi connectivity index (χ1n) is 9.31. The summed E-state index contributed by atoms with van der Waals surface area (Å²) in [7, 11) is 3.33. The van der Waals surface area contributed by atoms with Crippen LogP contribution in [0.5, 0.6) is 11.5 Å². The van der Waals surface area contributed by atoms with Crippen molar-refractivity contribution < 1.29 is 14.3 Å². The number of amides is 1. The Kier molecular flexibility index (Phi) is 3.47. The van der Waals surface area contributed by atoms with Gasteiger partial charge in [0.25, 0.3) is 5.91 Å². The Hall–Kier alpha value is -2.95. The number of methoxy groups -OCH3 is 2. The van der Waals surface area contributed by atoms with Crippen molar-refractivity contribution in [3.8, 4) is 11.5 Å². The van der Waals surface area contributed by atoms with E-state index >= 15 is 0 Å². The minimum Gasteiger partial charge on any atom is -0.496 e. The van der Waals surface area contributed by atoms with Crippen LogP contribution in [0.3, 0.4) is 0 Å². The lowest BCUT2D eigenvalue weighted by Crippen LogP contribution is -2.46. The predicted octanol–water partition coefficient (Wildman–Crippen LogP) is 4.04. The summed E-state index contributed by atoms with van der Waals surface area (Å²) in [5.74, 6) is 1.77. The quantitative estimate of drug-likeness (QED) is 0.748. The van der Waals surface area contributed by atoms with E-state index < -0.39 is 0 Å². The van der Waals surface area contributed by atoms with Crippen LogP contribution in [0, 0.1) is 0 Å². The molecule has 0 radical (unpaired) electrons. The third kappa shape index (κ3) is 2.08. The van der Waals surface area contributed by atoms with E-state index in [4.69, 9.17) is 9.47 Å². The number of hydrogen-bond donors (Lipinski definition) is 1. The van der Waals surface area contributed by atoms with Crippen LogP contribution in [0.4, 0.5) is 0 Å². The molecule has 0 saturated heterocycles. The highest BCUT2D eigenvalue weighted by Crippen LogP contribution is 2.49. The molecule has 1 amide bonds. The number of ether oxygens (including phenoxy) is 2. The number of aromatic nitrogens is 1. The summed E-state index contributed by atoms with van der Waals surface area (Å²) in [6.45, 7) is 2.89. The number of benzene rings is 2. The van der Waals surface area contributed by atoms with Gasteiger partial charge in [-0.15, -0.1) is 0 Å². The maximum Gasteiger partial charge on any atom is 0.258 e. The Labute approximate surface area is 157 Å². The number of nitrogens with one attached hydrogen (secondary N) is 1. The van der Waals surface area contributed by atoms with Gasteiger partial charge in [0, 0.05) is 29.1 Å². The van der Waals surface area contributed by atoms with Crippen LogP contribution in [0.1, 0.15) is 46.1 Å². The molecule has 0 saturated carbocycles. The summed E-state index contributed by atoms with van der Waals surface area (Å²) in [6, 6.07) is 12.0. The van der Waals surface area contributed by atoms with Crippen LogP contribution in [0.25, 0.3) is 10.9 Å². The second kappa shape index (κ2) is 5.78. The lowest BCUT2D eigenvalue weighted by Gasteiger charge is -2.44. The van der Waals surface area contributed by atoms with Gasteiger partial charge in [0.05, 0.1) is 25.8 Å². The molecule has 2 aliphatic heterocycles. The number of carbonyl (C=O) groups is 1. The van der Waals surface area contributed by atoms with Gasteiger partial charge in [-0.2, -0.15) is 0 Å². The molecule has 1 N–H and O–H groups in total. The van der Waals surface area contributed by atoms with E-state index in [1.165, 1.54) is 5.56 Å². The molecule has 2 aromatic carbocycles. The number of hydrogen-bond acceptors (Lipinski definition) is 3. The van der Waals surface area contributed by atoms with Crippen LogP contribution in [-0.4, -0.2) is 36.6 Å². The average Bonchev–Trinajstić information content (AvgIpc) is 3.09. The fourth-order valence-electron chi connectivity index (χ4n) is 4.90. The Morgan fingerprint density at radius 1 is 1.07 bits per heavy atom.